The zero-order valence-corrected chi connectivity index (χ0v) is 18.6. The largest absolute Gasteiger partial charge is 0.488 e. The quantitative estimate of drug-likeness (QED) is 0.468. The number of aryl methyl sites for hydroxylation is 2. The summed E-state index contributed by atoms with van der Waals surface area (Å²) in [6.45, 7) is 2.39. The summed E-state index contributed by atoms with van der Waals surface area (Å²) in [4.78, 5) is 16.8. The van der Waals surface area contributed by atoms with Gasteiger partial charge in [-0.2, -0.15) is 0 Å². The van der Waals surface area contributed by atoms with Crippen molar-refractivity contribution in [1.29, 1.82) is 0 Å². The molecule has 0 aliphatic rings. The molecule has 2 aromatic carbocycles. The summed E-state index contributed by atoms with van der Waals surface area (Å²) in [5.41, 5.74) is 9.44. The van der Waals surface area contributed by atoms with Crippen LogP contribution in [0, 0.1) is 0 Å². The maximum atomic E-state index is 12.7. The molecule has 1 atom stereocenters. The van der Waals surface area contributed by atoms with Gasteiger partial charge in [-0.3, -0.25) is 10.1 Å². The van der Waals surface area contributed by atoms with Gasteiger partial charge in [-0.1, -0.05) is 18.2 Å². The first-order valence-corrected chi connectivity index (χ1v) is 10.3. The van der Waals surface area contributed by atoms with E-state index in [-0.39, 0.29) is 24.4 Å². The van der Waals surface area contributed by atoms with Crippen molar-refractivity contribution in [2.24, 2.45) is 0 Å². The van der Waals surface area contributed by atoms with Gasteiger partial charge in [-0.25, -0.2) is 4.98 Å². The first kappa shape index (κ1) is 23.7. The number of aromatic nitrogens is 1. The highest BCUT2D eigenvalue weighted by Crippen LogP contribution is 2.23. The normalized spacial score (nSPS) is 11.4. The second kappa shape index (κ2) is 11.5. The number of halogens is 1. The molecular formula is C22H26ClN3O3S. The number of anilines is 2. The number of benzene rings is 2. The minimum atomic E-state index is -0.217. The molecule has 0 unspecified atom stereocenters. The van der Waals surface area contributed by atoms with E-state index >= 15 is 0 Å². The molecule has 160 valence electrons. The van der Waals surface area contributed by atoms with Crippen molar-refractivity contribution in [2.45, 2.75) is 25.9 Å². The monoisotopic (exact) mass is 447 g/mol. The van der Waals surface area contributed by atoms with E-state index in [9.17, 15) is 4.79 Å². The molecule has 1 heterocycles. The van der Waals surface area contributed by atoms with Crippen molar-refractivity contribution in [1.82, 2.24) is 4.98 Å². The molecule has 0 radical (unpaired) electrons. The Bertz CT molecular complexity index is 951. The molecule has 1 aromatic heterocycles. The lowest BCUT2D eigenvalue weighted by Crippen LogP contribution is -2.19. The van der Waals surface area contributed by atoms with Crippen molar-refractivity contribution in [3.63, 3.8) is 0 Å². The van der Waals surface area contributed by atoms with Crippen LogP contribution in [0.15, 0.2) is 54.0 Å². The van der Waals surface area contributed by atoms with Crippen LogP contribution in [0.2, 0.25) is 0 Å². The smallest absolute Gasteiger partial charge is 0.257 e. The van der Waals surface area contributed by atoms with E-state index in [0.717, 1.165) is 29.7 Å². The number of carbonyl (C=O) groups is 1. The Balaban J connectivity index is 0.00000320. The number of nitrogens with zero attached hydrogens (tertiary/aromatic N) is 1. The fraction of sp³-hybridized carbons (Fsp3) is 0.273. The Hall–Kier alpha value is -2.61. The van der Waals surface area contributed by atoms with Gasteiger partial charge in [0.05, 0.1) is 6.61 Å². The van der Waals surface area contributed by atoms with E-state index in [2.05, 4.69) is 10.3 Å². The summed E-state index contributed by atoms with van der Waals surface area (Å²) in [5, 5.41) is 5.20. The van der Waals surface area contributed by atoms with Gasteiger partial charge in [0.2, 0.25) is 0 Å². The third-order valence-electron chi connectivity index (χ3n) is 4.36. The number of nitrogens with two attached hydrogens (primary N) is 1. The molecule has 6 nitrogen and oxygen atoms in total. The molecule has 30 heavy (non-hydrogen) atoms. The fourth-order valence-electron chi connectivity index (χ4n) is 3.00. The number of hydrogen-bond donors (Lipinski definition) is 2. The topological polar surface area (TPSA) is 86.5 Å². The highest BCUT2D eigenvalue weighted by atomic mass is 35.5. The minimum Gasteiger partial charge on any atom is -0.488 e. The molecule has 0 saturated heterocycles. The third kappa shape index (κ3) is 6.73. The summed E-state index contributed by atoms with van der Waals surface area (Å²) >= 11 is 1.38. The Labute approximate surface area is 186 Å². The maximum Gasteiger partial charge on any atom is 0.257 e. The van der Waals surface area contributed by atoms with Crippen LogP contribution in [-0.2, 0) is 17.6 Å². The van der Waals surface area contributed by atoms with Crippen LogP contribution in [-0.4, -0.2) is 30.7 Å². The molecule has 0 aliphatic heterocycles. The van der Waals surface area contributed by atoms with Crippen LogP contribution in [0.5, 0.6) is 5.75 Å². The first-order chi connectivity index (χ1) is 14.0. The number of rotatable bonds is 9. The van der Waals surface area contributed by atoms with Crippen LogP contribution in [0.25, 0.3) is 0 Å². The minimum absolute atomic E-state index is 0. The number of amides is 1. The van der Waals surface area contributed by atoms with Crippen LogP contribution >= 0.6 is 23.7 Å². The SMILES string of the molecule is COC[C@H](C)Oc1cc(CCc2ccccc2N)cc(C(=O)Nc2nccs2)c1.Cl. The zero-order chi connectivity index (χ0) is 20.6. The molecule has 0 aliphatic carbocycles. The highest BCUT2D eigenvalue weighted by molar-refractivity contribution is 7.13. The van der Waals surface area contributed by atoms with Crippen LogP contribution in [0.4, 0.5) is 10.8 Å². The molecule has 8 heteroatoms. The van der Waals surface area contributed by atoms with Gasteiger partial charge in [0.15, 0.2) is 5.13 Å². The predicted molar refractivity (Wildman–Crippen MR) is 124 cm³/mol. The van der Waals surface area contributed by atoms with E-state index in [4.69, 9.17) is 15.2 Å². The Morgan fingerprint density at radius 1 is 1.23 bits per heavy atom. The lowest BCUT2D eigenvalue weighted by atomic mass is 10.0. The van der Waals surface area contributed by atoms with Gasteiger partial charge in [-0.05, 0) is 55.2 Å². The summed E-state index contributed by atoms with van der Waals surface area (Å²) in [7, 11) is 1.63. The van der Waals surface area contributed by atoms with Crippen molar-refractivity contribution in [3.8, 4) is 5.75 Å². The predicted octanol–water partition coefficient (Wildman–Crippen LogP) is 4.60. The maximum absolute atomic E-state index is 12.7. The molecule has 0 fully saturated rings. The molecule has 1 amide bonds. The summed E-state index contributed by atoms with van der Waals surface area (Å²) in [6, 6.07) is 13.4. The van der Waals surface area contributed by atoms with E-state index in [1.807, 2.05) is 48.7 Å². The molecular weight excluding hydrogens is 422 g/mol. The summed E-state index contributed by atoms with van der Waals surface area (Å²) < 4.78 is 11.1. The average molecular weight is 448 g/mol. The van der Waals surface area contributed by atoms with Gasteiger partial charge in [0, 0.05) is 29.9 Å². The molecule has 0 spiro atoms. The Kier molecular flexibility index (Phi) is 9.11. The van der Waals surface area contributed by atoms with Gasteiger partial charge in [-0.15, -0.1) is 23.7 Å². The highest BCUT2D eigenvalue weighted by Gasteiger charge is 2.13. The number of para-hydroxylation sites is 1. The average Bonchev–Trinajstić information content (AvgIpc) is 3.20. The Morgan fingerprint density at radius 3 is 2.73 bits per heavy atom. The van der Waals surface area contributed by atoms with Gasteiger partial charge in [0.1, 0.15) is 11.9 Å². The van der Waals surface area contributed by atoms with Crippen LogP contribution in [0.3, 0.4) is 0 Å². The van der Waals surface area contributed by atoms with Gasteiger partial charge >= 0.3 is 0 Å². The van der Waals surface area contributed by atoms with Crippen LogP contribution < -0.4 is 15.8 Å². The lowest BCUT2D eigenvalue weighted by Gasteiger charge is -2.16. The number of thiazole rings is 1. The van der Waals surface area contributed by atoms with Crippen LogP contribution in [0.1, 0.15) is 28.4 Å². The second-order valence-electron chi connectivity index (χ2n) is 6.74. The second-order valence-corrected chi connectivity index (χ2v) is 7.63. The molecule has 0 saturated carbocycles. The number of carbonyl (C=O) groups excluding carboxylic acids is 1. The number of ether oxygens (including phenoxy) is 2. The lowest BCUT2D eigenvalue weighted by molar-refractivity contribution is 0.0916. The standard InChI is InChI=1S/C22H25N3O3S.ClH/c1-15(14-27-2)28-19-12-16(7-8-17-5-3-4-6-20(17)23)11-18(13-19)21(26)25-22-24-9-10-29-22;/h3-6,9-13,15H,7-8,14,23H2,1-2H3,(H,24,25,26);1H/t15-;/m0./s1. The summed E-state index contributed by atoms with van der Waals surface area (Å²) in [5.74, 6) is 0.419. The first-order valence-electron chi connectivity index (χ1n) is 9.39. The van der Waals surface area contributed by atoms with E-state index in [0.29, 0.717) is 23.1 Å². The Morgan fingerprint density at radius 2 is 2.03 bits per heavy atom. The molecule has 3 rings (SSSR count). The molecule has 3 aromatic rings. The van der Waals surface area contributed by atoms with E-state index < -0.39 is 0 Å². The molecule has 3 N–H and O–H groups in total. The third-order valence-corrected chi connectivity index (χ3v) is 5.05. The van der Waals surface area contributed by atoms with Crippen molar-refractivity contribution in [3.05, 3.63) is 70.7 Å². The number of nitrogen functional groups attached to an aromatic ring is 1. The van der Waals surface area contributed by atoms with Crippen molar-refractivity contribution < 1.29 is 14.3 Å². The van der Waals surface area contributed by atoms with Crippen molar-refractivity contribution in [2.75, 3.05) is 24.8 Å². The van der Waals surface area contributed by atoms with Gasteiger partial charge < -0.3 is 15.2 Å². The van der Waals surface area contributed by atoms with Crippen molar-refractivity contribution >= 4 is 40.5 Å². The number of methoxy groups -OCH3 is 1. The fourth-order valence-corrected chi connectivity index (χ4v) is 3.52. The number of hydrogen-bond acceptors (Lipinski definition) is 6. The van der Waals surface area contributed by atoms with E-state index in [1.54, 1.807) is 19.4 Å². The van der Waals surface area contributed by atoms with E-state index in [1.165, 1.54) is 11.3 Å². The number of nitrogens with one attached hydrogen (secondary N) is 1. The summed E-state index contributed by atoms with van der Waals surface area (Å²) in [6.07, 6.45) is 3.04. The van der Waals surface area contributed by atoms with Gasteiger partial charge in [0.25, 0.3) is 5.91 Å². The molecule has 0 bridgehead atoms. The zero-order valence-electron chi connectivity index (χ0n) is 17.0.